The van der Waals surface area contributed by atoms with Gasteiger partial charge in [-0.25, -0.2) is 4.98 Å². The van der Waals surface area contributed by atoms with Crippen LogP contribution in [0.15, 0.2) is 0 Å². The molecule has 0 spiro atoms. The number of nitrogens with one attached hydrogen (secondary N) is 1. The van der Waals surface area contributed by atoms with Crippen LogP contribution in [0.25, 0.3) is 0 Å². The lowest BCUT2D eigenvalue weighted by Gasteiger charge is -2.39. The number of rotatable bonds is 5. The maximum Gasteiger partial charge on any atom is 0.230 e. The third-order valence-corrected chi connectivity index (χ3v) is 4.89. The van der Waals surface area contributed by atoms with Crippen molar-refractivity contribution < 1.29 is 4.79 Å². The summed E-state index contributed by atoms with van der Waals surface area (Å²) in [7, 11) is 0. The van der Waals surface area contributed by atoms with E-state index in [4.69, 9.17) is 5.73 Å². The Kier molecular flexibility index (Phi) is 4.98. The van der Waals surface area contributed by atoms with Gasteiger partial charge >= 0.3 is 0 Å². The van der Waals surface area contributed by atoms with E-state index in [1.165, 1.54) is 0 Å². The molecule has 2 heterocycles. The summed E-state index contributed by atoms with van der Waals surface area (Å²) in [6.45, 7) is 7.94. The number of nitrogens with zero attached hydrogens (tertiary/aromatic N) is 3. The number of nitrogens with two attached hydrogens (primary N) is 1. The standard InChI is InChI=1S/C15H27N5O/c1-4-15(5-2,10-16)14(21)20-8-6-7-12(9-20)13-17-11(3)18-19-13/h12H,4-10,16H2,1-3H3,(H,17,18,19). The van der Waals surface area contributed by atoms with E-state index in [1.54, 1.807) is 0 Å². The van der Waals surface area contributed by atoms with Crippen LogP contribution in [0.2, 0.25) is 0 Å². The second kappa shape index (κ2) is 6.56. The molecule has 0 saturated carbocycles. The fraction of sp³-hybridized carbons (Fsp3) is 0.800. The quantitative estimate of drug-likeness (QED) is 0.863. The van der Waals surface area contributed by atoms with E-state index in [0.717, 1.165) is 43.9 Å². The van der Waals surface area contributed by atoms with Crippen molar-refractivity contribution in [2.45, 2.75) is 52.4 Å². The number of carbonyl (C=O) groups is 1. The summed E-state index contributed by atoms with van der Waals surface area (Å²) in [5.74, 6) is 2.09. The van der Waals surface area contributed by atoms with E-state index in [9.17, 15) is 4.79 Å². The fourth-order valence-electron chi connectivity index (χ4n) is 3.18. The minimum atomic E-state index is -0.406. The molecule has 1 atom stereocenters. The maximum atomic E-state index is 12.9. The predicted molar refractivity (Wildman–Crippen MR) is 81.7 cm³/mol. The zero-order valence-electron chi connectivity index (χ0n) is 13.4. The molecule has 21 heavy (non-hydrogen) atoms. The molecule has 1 aliphatic rings. The lowest BCUT2D eigenvalue weighted by molar-refractivity contribution is -0.143. The van der Waals surface area contributed by atoms with Gasteiger partial charge in [-0.1, -0.05) is 13.8 Å². The van der Waals surface area contributed by atoms with Gasteiger partial charge in [-0.15, -0.1) is 0 Å². The molecule has 1 aromatic rings. The molecule has 0 bridgehead atoms. The Labute approximate surface area is 126 Å². The van der Waals surface area contributed by atoms with Crippen molar-refractivity contribution in [2.75, 3.05) is 19.6 Å². The Morgan fingerprint density at radius 1 is 1.48 bits per heavy atom. The molecule has 1 aliphatic heterocycles. The molecule has 1 unspecified atom stereocenters. The van der Waals surface area contributed by atoms with Gasteiger partial charge in [0, 0.05) is 25.6 Å². The van der Waals surface area contributed by atoms with Gasteiger partial charge in [0.1, 0.15) is 5.82 Å². The first-order chi connectivity index (χ1) is 10.1. The fourth-order valence-corrected chi connectivity index (χ4v) is 3.18. The third kappa shape index (κ3) is 3.10. The third-order valence-electron chi connectivity index (χ3n) is 4.89. The number of aryl methyl sites for hydroxylation is 1. The van der Waals surface area contributed by atoms with Crippen LogP contribution in [0.3, 0.4) is 0 Å². The summed E-state index contributed by atoms with van der Waals surface area (Å²) < 4.78 is 0. The van der Waals surface area contributed by atoms with Crippen molar-refractivity contribution in [2.24, 2.45) is 11.1 Å². The monoisotopic (exact) mass is 293 g/mol. The number of aromatic amines is 1. The first kappa shape index (κ1) is 15.9. The molecule has 1 saturated heterocycles. The topological polar surface area (TPSA) is 87.9 Å². The van der Waals surface area contributed by atoms with E-state index in [2.05, 4.69) is 15.2 Å². The van der Waals surface area contributed by atoms with Gasteiger partial charge < -0.3 is 10.6 Å². The number of hydrogen-bond acceptors (Lipinski definition) is 4. The molecule has 2 rings (SSSR count). The second-order valence-corrected chi connectivity index (χ2v) is 6.06. The highest BCUT2D eigenvalue weighted by atomic mass is 16.2. The summed E-state index contributed by atoms with van der Waals surface area (Å²) in [6.07, 6.45) is 3.62. The van der Waals surface area contributed by atoms with Crippen molar-refractivity contribution in [1.82, 2.24) is 20.1 Å². The molecule has 0 radical (unpaired) electrons. The normalized spacial score (nSPS) is 19.8. The zero-order valence-corrected chi connectivity index (χ0v) is 13.4. The van der Waals surface area contributed by atoms with E-state index >= 15 is 0 Å². The van der Waals surface area contributed by atoms with Crippen LogP contribution in [0, 0.1) is 12.3 Å². The predicted octanol–water partition coefficient (Wildman–Crippen LogP) is 1.58. The molecule has 0 aromatic carbocycles. The van der Waals surface area contributed by atoms with Crippen LogP contribution >= 0.6 is 0 Å². The highest BCUT2D eigenvalue weighted by molar-refractivity contribution is 5.83. The maximum absolute atomic E-state index is 12.9. The van der Waals surface area contributed by atoms with Crippen molar-refractivity contribution >= 4 is 5.91 Å². The Morgan fingerprint density at radius 3 is 2.71 bits per heavy atom. The molecule has 118 valence electrons. The number of likely N-dealkylation sites (tertiary alicyclic amines) is 1. The van der Waals surface area contributed by atoms with Gasteiger partial charge in [0.25, 0.3) is 0 Å². The number of amides is 1. The van der Waals surface area contributed by atoms with E-state index in [1.807, 2.05) is 25.7 Å². The second-order valence-electron chi connectivity index (χ2n) is 6.06. The van der Waals surface area contributed by atoms with Crippen LogP contribution in [0.4, 0.5) is 0 Å². The summed E-state index contributed by atoms with van der Waals surface area (Å²) >= 11 is 0. The smallest absolute Gasteiger partial charge is 0.230 e. The molecule has 1 aromatic heterocycles. The van der Waals surface area contributed by atoms with Gasteiger partial charge in [-0.05, 0) is 32.6 Å². The Balaban J connectivity index is 2.11. The highest BCUT2D eigenvalue weighted by Gasteiger charge is 2.39. The number of carbonyl (C=O) groups excluding carboxylic acids is 1. The van der Waals surface area contributed by atoms with Crippen molar-refractivity contribution in [1.29, 1.82) is 0 Å². The summed E-state index contributed by atoms with van der Waals surface area (Å²) in [5.41, 5.74) is 5.50. The van der Waals surface area contributed by atoms with Gasteiger partial charge in [-0.3, -0.25) is 9.89 Å². The van der Waals surface area contributed by atoms with E-state index in [0.29, 0.717) is 13.1 Å². The van der Waals surface area contributed by atoms with Gasteiger partial charge in [-0.2, -0.15) is 5.10 Å². The molecular weight excluding hydrogens is 266 g/mol. The molecule has 0 aliphatic carbocycles. The minimum absolute atomic E-state index is 0.201. The van der Waals surface area contributed by atoms with Crippen molar-refractivity contribution in [3.63, 3.8) is 0 Å². The average Bonchev–Trinajstić information content (AvgIpc) is 2.96. The number of hydrogen-bond donors (Lipinski definition) is 2. The molecular formula is C15H27N5O. The highest BCUT2D eigenvalue weighted by Crippen LogP contribution is 2.32. The SMILES string of the molecule is CCC(CC)(CN)C(=O)N1CCCC(c2n[nH]c(C)n2)C1. The first-order valence-electron chi connectivity index (χ1n) is 7.94. The van der Waals surface area contributed by atoms with Gasteiger partial charge in [0.05, 0.1) is 5.41 Å². The van der Waals surface area contributed by atoms with Crippen LogP contribution in [-0.2, 0) is 4.79 Å². The summed E-state index contributed by atoms with van der Waals surface area (Å²) in [4.78, 5) is 19.3. The largest absolute Gasteiger partial charge is 0.341 e. The number of aromatic nitrogens is 3. The van der Waals surface area contributed by atoms with Crippen LogP contribution in [0.5, 0.6) is 0 Å². The number of H-pyrrole nitrogens is 1. The first-order valence-corrected chi connectivity index (χ1v) is 7.94. The van der Waals surface area contributed by atoms with Gasteiger partial charge in [0.2, 0.25) is 5.91 Å². The van der Waals surface area contributed by atoms with E-state index in [-0.39, 0.29) is 11.8 Å². The average molecular weight is 293 g/mol. The van der Waals surface area contributed by atoms with Crippen molar-refractivity contribution in [3.8, 4) is 0 Å². The minimum Gasteiger partial charge on any atom is -0.341 e. The lowest BCUT2D eigenvalue weighted by atomic mass is 9.80. The molecule has 3 N–H and O–H groups in total. The Morgan fingerprint density at radius 2 is 2.19 bits per heavy atom. The molecule has 6 nitrogen and oxygen atoms in total. The van der Waals surface area contributed by atoms with Crippen LogP contribution in [0.1, 0.15) is 57.1 Å². The molecule has 1 amide bonds. The van der Waals surface area contributed by atoms with Gasteiger partial charge in [0.15, 0.2) is 5.82 Å². The number of piperidine rings is 1. The molecule has 6 heteroatoms. The molecule has 1 fully saturated rings. The summed E-state index contributed by atoms with van der Waals surface area (Å²) in [6, 6.07) is 0. The Hall–Kier alpha value is -1.43. The van der Waals surface area contributed by atoms with Crippen molar-refractivity contribution in [3.05, 3.63) is 11.6 Å². The zero-order chi connectivity index (χ0) is 15.5. The Bertz CT molecular complexity index is 472. The lowest BCUT2D eigenvalue weighted by Crippen LogP contribution is -2.50. The van der Waals surface area contributed by atoms with Crippen LogP contribution < -0.4 is 5.73 Å². The van der Waals surface area contributed by atoms with Crippen LogP contribution in [-0.4, -0.2) is 45.6 Å². The summed E-state index contributed by atoms with van der Waals surface area (Å²) in [5, 5.41) is 7.15. The van der Waals surface area contributed by atoms with E-state index < -0.39 is 5.41 Å².